The maximum absolute atomic E-state index is 6.11. The van der Waals surface area contributed by atoms with E-state index in [0.717, 1.165) is 11.6 Å². The minimum absolute atomic E-state index is 0.0929. The standard InChI is InChI=1S/C14H23ClN2/c1-4-5-9-17(3)14(11(2)16)12-7-6-8-13(15)10-12/h6-8,10-11,14H,4-5,9,16H2,1-3H3. The Bertz CT molecular complexity index is 339. The second-order valence-corrected chi connectivity index (χ2v) is 5.13. The average molecular weight is 255 g/mol. The highest BCUT2D eigenvalue weighted by Gasteiger charge is 2.20. The summed E-state index contributed by atoms with van der Waals surface area (Å²) in [7, 11) is 2.13. The first-order valence-electron chi connectivity index (χ1n) is 6.27. The van der Waals surface area contributed by atoms with Gasteiger partial charge in [-0.2, -0.15) is 0 Å². The lowest BCUT2D eigenvalue weighted by molar-refractivity contribution is 0.216. The Morgan fingerprint density at radius 2 is 2.12 bits per heavy atom. The topological polar surface area (TPSA) is 29.3 Å². The molecule has 0 aliphatic rings. The molecule has 0 spiro atoms. The van der Waals surface area contributed by atoms with Crippen LogP contribution in [0.25, 0.3) is 0 Å². The number of unbranched alkanes of at least 4 members (excludes halogenated alkanes) is 1. The van der Waals surface area contributed by atoms with Crippen molar-refractivity contribution in [2.24, 2.45) is 5.73 Å². The summed E-state index contributed by atoms with van der Waals surface area (Å²) >= 11 is 6.04. The number of benzene rings is 1. The predicted molar refractivity (Wildman–Crippen MR) is 75.4 cm³/mol. The van der Waals surface area contributed by atoms with Crippen molar-refractivity contribution in [3.05, 3.63) is 34.9 Å². The van der Waals surface area contributed by atoms with E-state index in [1.807, 2.05) is 25.1 Å². The van der Waals surface area contributed by atoms with E-state index in [2.05, 4.69) is 24.9 Å². The fourth-order valence-electron chi connectivity index (χ4n) is 2.20. The molecule has 0 amide bonds. The molecule has 0 bridgehead atoms. The van der Waals surface area contributed by atoms with Gasteiger partial charge in [0.15, 0.2) is 0 Å². The summed E-state index contributed by atoms with van der Waals surface area (Å²) in [5.41, 5.74) is 7.31. The van der Waals surface area contributed by atoms with Gasteiger partial charge in [-0.1, -0.05) is 37.1 Å². The van der Waals surface area contributed by atoms with Crippen molar-refractivity contribution < 1.29 is 0 Å². The number of hydrogen-bond acceptors (Lipinski definition) is 2. The molecule has 0 radical (unpaired) electrons. The molecule has 2 unspecified atom stereocenters. The molecule has 2 N–H and O–H groups in total. The minimum Gasteiger partial charge on any atom is -0.326 e. The van der Waals surface area contributed by atoms with Crippen molar-refractivity contribution in [2.75, 3.05) is 13.6 Å². The summed E-state index contributed by atoms with van der Waals surface area (Å²) in [6, 6.07) is 8.33. The molecule has 0 aromatic heterocycles. The molecule has 1 aromatic rings. The Hall–Kier alpha value is -0.570. The number of nitrogens with two attached hydrogens (primary N) is 1. The summed E-state index contributed by atoms with van der Waals surface area (Å²) < 4.78 is 0. The van der Waals surface area contributed by atoms with Gasteiger partial charge in [0, 0.05) is 17.1 Å². The van der Waals surface area contributed by atoms with Gasteiger partial charge in [-0.05, 0) is 44.6 Å². The first-order valence-corrected chi connectivity index (χ1v) is 6.65. The maximum Gasteiger partial charge on any atom is 0.0494 e. The summed E-state index contributed by atoms with van der Waals surface area (Å²) in [5.74, 6) is 0. The van der Waals surface area contributed by atoms with Crippen LogP contribution < -0.4 is 5.73 Å². The van der Waals surface area contributed by atoms with Gasteiger partial charge in [-0.25, -0.2) is 0 Å². The third-order valence-electron chi connectivity index (χ3n) is 3.03. The predicted octanol–water partition coefficient (Wildman–Crippen LogP) is 3.46. The van der Waals surface area contributed by atoms with Crippen molar-refractivity contribution in [3.63, 3.8) is 0 Å². The quantitative estimate of drug-likeness (QED) is 0.843. The number of rotatable bonds is 6. The van der Waals surface area contributed by atoms with Crippen molar-refractivity contribution in [1.82, 2.24) is 4.90 Å². The molecule has 0 saturated heterocycles. The first kappa shape index (κ1) is 14.5. The van der Waals surface area contributed by atoms with Gasteiger partial charge < -0.3 is 5.73 Å². The summed E-state index contributed by atoms with van der Waals surface area (Å²) in [4.78, 5) is 2.32. The molecule has 2 nitrogen and oxygen atoms in total. The molecule has 0 saturated carbocycles. The van der Waals surface area contributed by atoms with Crippen LogP contribution in [0.15, 0.2) is 24.3 Å². The number of hydrogen-bond donors (Lipinski definition) is 1. The van der Waals surface area contributed by atoms with Gasteiger partial charge in [0.1, 0.15) is 0 Å². The Labute approximate surface area is 110 Å². The lowest BCUT2D eigenvalue weighted by Crippen LogP contribution is -2.37. The van der Waals surface area contributed by atoms with E-state index in [9.17, 15) is 0 Å². The lowest BCUT2D eigenvalue weighted by atomic mass is 9.99. The van der Waals surface area contributed by atoms with Gasteiger partial charge in [0.25, 0.3) is 0 Å². The van der Waals surface area contributed by atoms with E-state index in [1.54, 1.807) is 0 Å². The molecule has 0 aliphatic carbocycles. The van der Waals surface area contributed by atoms with E-state index in [1.165, 1.54) is 18.4 Å². The fraction of sp³-hybridized carbons (Fsp3) is 0.571. The molecule has 0 fully saturated rings. The van der Waals surface area contributed by atoms with Crippen molar-refractivity contribution in [3.8, 4) is 0 Å². The lowest BCUT2D eigenvalue weighted by Gasteiger charge is -2.31. The van der Waals surface area contributed by atoms with Crippen LogP contribution in [0.4, 0.5) is 0 Å². The minimum atomic E-state index is 0.0929. The zero-order valence-electron chi connectivity index (χ0n) is 11.0. The average Bonchev–Trinajstić information content (AvgIpc) is 2.26. The normalized spacial score (nSPS) is 14.9. The zero-order chi connectivity index (χ0) is 12.8. The second-order valence-electron chi connectivity index (χ2n) is 4.69. The number of nitrogens with zero attached hydrogens (tertiary/aromatic N) is 1. The molecular formula is C14H23ClN2. The van der Waals surface area contributed by atoms with Gasteiger partial charge in [-0.3, -0.25) is 4.90 Å². The Kier molecular flexibility index (Phi) is 5.96. The molecule has 0 aliphatic heterocycles. The molecular weight excluding hydrogens is 232 g/mol. The van der Waals surface area contributed by atoms with Crippen LogP contribution in [0, 0.1) is 0 Å². The van der Waals surface area contributed by atoms with Crippen molar-refractivity contribution >= 4 is 11.6 Å². The monoisotopic (exact) mass is 254 g/mol. The van der Waals surface area contributed by atoms with Crippen LogP contribution in [-0.2, 0) is 0 Å². The first-order chi connectivity index (χ1) is 8.06. The van der Waals surface area contributed by atoms with E-state index in [0.29, 0.717) is 0 Å². The molecule has 0 heterocycles. The van der Waals surface area contributed by atoms with Crippen LogP contribution in [0.3, 0.4) is 0 Å². The smallest absolute Gasteiger partial charge is 0.0494 e. The second kappa shape index (κ2) is 7.00. The van der Waals surface area contributed by atoms with E-state index in [4.69, 9.17) is 17.3 Å². The Morgan fingerprint density at radius 1 is 1.41 bits per heavy atom. The SMILES string of the molecule is CCCCN(C)C(c1cccc(Cl)c1)C(C)N. The Morgan fingerprint density at radius 3 is 2.65 bits per heavy atom. The Balaban J connectivity index is 2.85. The third-order valence-corrected chi connectivity index (χ3v) is 3.26. The molecule has 1 aromatic carbocycles. The summed E-state index contributed by atoms with van der Waals surface area (Å²) in [6.07, 6.45) is 2.39. The van der Waals surface area contributed by atoms with E-state index >= 15 is 0 Å². The van der Waals surface area contributed by atoms with Crippen molar-refractivity contribution in [2.45, 2.75) is 38.8 Å². The van der Waals surface area contributed by atoms with Gasteiger partial charge in [0.2, 0.25) is 0 Å². The van der Waals surface area contributed by atoms with Crippen LogP contribution >= 0.6 is 11.6 Å². The maximum atomic E-state index is 6.11. The molecule has 2 atom stereocenters. The molecule has 96 valence electrons. The molecule has 3 heteroatoms. The highest BCUT2D eigenvalue weighted by atomic mass is 35.5. The summed E-state index contributed by atoms with van der Waals surface area (Å²) in [5, 5.41) is 0.775. The summed E-state index contributed by atoms with van der Waals surface area (Å²) in [6.45, 7) is 5.32. The van der Waals surface area contributed by atoms with Crippen LogP contribution in [-0.4, -0.2) is 24.5 Å². The zero-order valence-corrected chi connectivity index (χ0v) is 11.7. The number of likely N-dealkylation sites (N-methyl/N-ethyl adjacent to an activating group) is 1. The van der Waals surface area contributed by atoms with Gasteiger partial charge >= 0.3 is 0 Å². The fourth-order valence-corrected chi connectivity index (χ4v) is 2.40. The molecule has 17 heavy (non-hydrogen) atoms. The van der Waals surface area contributed by atoms with Crippen LogP contribution in [0.1, 0.15) is 38.3 Å². The van der Waals surface area contributed by atoms with E-state index in [-0.39, 0.29) is 12.1 Å². The highest BCUT2D eigenvalue weighted by Crippen LogP contribution is 2.24. The molecule has 1 rings (SSSR count). The largest absolute Gasteiger partial charge is 0.326 e. The van der Waals surface area contributed by atoms with E-state index < -0.39 is 0 Å². The van der Waals surface area contributed by atoms with Gasteiger partial charge in [0.05, 0.1) is 0 Å². The van der Waals surface area contributed by atoms with Crippen LogP contribution in [0.2, 0.25) is 5.02 Å². The highest BCUT2D eigenvalue weighted by molar-refractivity contribution is 6.30. The van der Waals surface area contributed by atoms with Crippen molar-refractivity contribution in [1.29, 1.82) is 0 Å². The van der Waals surface area contributed by atoms with Gasteiger partial charge in [-0.15, -0.1) is 0 Å². The number of halogens is 1. The third kappa shape index (κ3) is 4.30. The van der Waals surface area contributed by atoms with Crippen LogP contribution in [0.5, 0.6) is 0 Å².